The lowest BCUT2D eigenvalue weighted by atomic mass is 9.98. The fourth-order valence-corrected chi connectivity index (χ4v) is 2.75. The molecule has 11 heteroatoms. The number of aromatic nitrogens is 1. The van der Waals surface area contributed by atoms with Crippen molar-refractivity contribution in [1.82, 2.24) is 10.3 Å². The largest absolute Gasteiger partial charge is 0.416 e. The van der Waals surface area contributed by atoms with Gasteiger partial charge in [-0.3, -0.25) is 4.79 Å². The van der Waals surface area contributed by atoms with Gasteiger partial charge in [-0.05, 0) is 31.5 Å². The molecule has 7 nitrogen and oxygen atoms in total. The lowest BCUT2D eigenvalue weighted by molar-refractivity contribution is -0.137. The number of amides is 1. The van der Waals surface area contributed by atoms with Crippen LogP contribution in [0, 0.1) is 6.92 Å². The number of aryl methyl sites for hydroxylation is 1. The average molecular weight is 443 g/mol. The minimum absolute atomic E-state index is 0.0699. The van der Waals surface area contributed by atoms with Gasteiger partial charge in [0.15, 0.2) is 5.71 Å². The van der Waals surface area contributed by atoms with E-state index in [0.717, 1.165) is 11.6 Å². The first-order valence-corrected chi connectivity index (χ1v) is 8.91. The van der Waals surface area contributed by atoms with Crippen molar-refractivity contribution in [2.75, 3.05) is 7.05 Å². The SMILES string of the molecule is CNC(=O)/C(=N/O)c1cccc(C)c1CO/N=C(\C)c1cc(C(F)(F)F)cc(Cl)n1. The molecule has 0 fully saturated rings. The van der Waals surface area contributed by atoms with Gasteiger partial charge in [-0.1, -0.05) is 40.1 Å². The number of pyridine rings is 1. The number of carbonyl (C=O) groups is 1. The molecule has 0 atom stereocenters. The number of nitrogens with zero attached hydrogens (tertiary/aromatic N) is 3. The van der Waals surface area contributed by atoms with E-state index in [4.69, 9.17) is 16.4 Å². The van der Waals surface area contributed by atoms with Gasteiger partial charge in [0.2, 0.25) is 0 Å². The van der Waals surface area contributed by atoms with E-state index in [2.05, 4.69) is 20.6 Å². The molecule has 0 aliphatic rings. The van der Waals surface area contributed by atoms with Crippen LogP contribution in [0.3, 0.4) is 0 Å². The molecule has 30 heavy (non-hydrogen) atoms. The third-order valence-electron chi connectivity index (χ3n) is 4.11. The molecule has 0 aliphatic carbocycles. The number of likely N-dealkylation sites (N-methyl/N-ethyl adjacent to an activating group) is 1. The number of rotatable bonds is 6. The summed E-state index contributed by atoms with van der Waals surface area (Å²) in [4.78, 5) is 21.1. The number of nitrogens with one attached hydrogen (secondary N) is 1. The van der Waals surface area contributed by atoms with Crippen molar-refractivity contribution < 1.29 is 28.0 Å². The summed E-state index contributed by atoms with van der Waals surface area (Å²) in [5.41, 5.74) is 0.369. The molecule has 1 aromatic carbocycles. The fourth-order valence-electron chi connectivity index (χ4n) is 2.54. The topological polar surface area (TPSA) is 96.2 Å². The van der Waals surface area contributed by atoms with E-state index in [-0.39, 0.29) is 28.9 Å². The van der Waals surface area contributed by atoms with Gasteiger partial charge >= 0.3 is 6.18 Å². The molecule has 0 unspecified atom stereocenters. The van der Waals surface area contributed by atoms with Crippen LogP contribution in [0.25, 0.3) is 0 Å². The van der Waals surface area contributed by atoms with E-state index >= 15 is 0 Å². The van der Waals surface area contributed by atoms with Crippen LogP contribution in [0.2, 0.25) is 5.15 Å². The first kappa shape index (κ1) is 23.1. The van der Waals surface area contributed by atoms with Crippen LogP contribution in [0.4, 0.5) is 13.2 Å². The predicted octanol–water partition coefficient (Wildman–Crippen LogP) is 3.93. The van der Waals surface area contributed by atoms with E-state index in [1.54, 1.807) is 25.1 Å². The third-order valence-corrected chi connectivity index (χ3v) is 4.30. The van der Waals surface area contributed by atoms with Gasteiger partial charge < -0.3 is 15.4 Å². The van der Waals surface area contributed by atoms with E-state index in [0.29, 0.717) is 17.2 Å². The Labute approximate surface area is 175 Å². The Morgan fingerprint density at radius 1 is 1.33 bits per heavy atom. The van der Waals surface area contributed by atoms with Gasteiger partial charge in [-0.15, -0.1) is 0 Å². The number of alkyl halides is 3. The first-order valence-electron chi connectivity index (χ1n) is 8.53. The number of hydrogen-bond acceptors (Lipinski definition) is 6. The highest BCUT2D eigenvalue weighted by Crippen LogP contribution is 2.31. The Morgan fingerprint density at radius 2 is 2.03 bits per heavy atom. The molecule has 160 valence electrons. The van der Waals surface area contributed by atoms with Crippen LogP contribution in [0.15, 0.2) is 40.6 Å². The molecule has 0 saturated heterocycles. The van der Waals surface area contributed by atoms with Gasteiger partial charge in [0.05, 0.1) is 11.3 Å². The summed E-state index contributed by atoms with van der Waals surface area (Å²) in [6, 6.07) is 6.53. The van der Waals surface area contributed by atoms with E-state index in [9.17, 15) is 23.2 Å². The Hall–Kier alpha value is -3.14. The predicted molar refractivity (Wildman–Crippen MR) is 105 cm³/mol. The lowest BCUT2D eigenvalue weighted by Gasteiger charge is -2.12. The summed E-state index contributed by atoms with van der Waals surface area (Å²) in [5.74, 6) is -0.605. The first-order chi connectivity index (χ1) is 14.1. The number of hydrogen-bond donors (Lipinski definition) is 2. The maximum atomic E-state index is 13.0. The van der Waals surface area contributed by atoms with E-state index < -0.39 is 17.6 Å². The van der Waals surface area contributed by atoms with Crippen LogP contribution in [-0.4, -0.2) is 34.6 Å². The summed E-state index contributed by atoms with van der Waals surface area (Å²) in [6.45, 7) is 3.04. The second-order valence-corrected chi connectivity index (χ2v) is 6.53. The highest BCUT2D eigenvalue weighted by Gasteiger charge is 2.31. The standard InChI is InChI=1S/C19H18ClF3N4O3/c1-10-5-4-6-13(17(26-29)18(28)24-3)14(10)9-30-27-11(2)15-7-12(19(21,22)23)8-16(20)25-15/h4-8,29H,9H2,1-3H3,(H,24,28)/b26-17+,27-11+. The molecule has 1 heterocycles. The highest BCUT2D eigenvalue weighted by molar-refractivity contribution is 6.45. The lowest BCUT2D eigenvalue weighted by Crippen LogP contribution is -2.29. The third kappa shape index (κ3) is 5.47. The summed E-state index contributed by atoms with van der Waals surface area (Å²) >= 11 is 5.68. The van der Waals surface area contributed by atoms with Crippen molar-refractivity contribution in [3.05, 3.63) is 63.4 Å². The summed E-state index contributed by atoms with van der Waals surface area (Å²) in [7, 11) is 1.39. The maximum Gasteiger partial charge on any atom is 0.416 e. The van der Waals surface area contributed by atoms with Crippen LogP contribution in [-0.2, 0) is 22.4 Å². The minimum atomic E-state index is -4.58. The van der Waals surface area contributed by atoms with Crippen LogP contribution in [0.1, 0.15) is 34.9 Å². The summed E-state index contributed by atoms with van der Waals surface area (Å²) < 4.78 is 38.9. The zero-order valence-electron chi connectivity index (χ0n) is 16.2. The number of halogens is 4. The van der Waals surface area contributed by atoms with Crippen molar-refractivity contribution in [3.63, 3.8) is 0 Å². The zero-order chi connectivity index (χ0) is 22.5. The molecule has 0 spiro atoms. The van der Waals surface area contributed by atoms with Gasteiger partial charge in [-0.25, -0.2) is 4.98 Å². The molecule has 0 bridgehead atoms. The number of carbonyl (C=O) groups excluding carboxylic acids is 1. The van der Waals surface area contributed by atoms with Crippen molar-refractivity contribution in [2.45, 2.75) is 26.6 Å². The second kappa shape index (κ2) is 9.57. The number of oxime groups is 2. The van der Waals surface area contributed by atoms with Gasteiger partial charge in [0.1, 0.15) is 17.5 Å². The summed E-state index contributed by atoms with van der Waals surface area (Å²) in [6.07, 6.45) is -4.58. The molecule has 2 N–H and O–H groups in total. The van der Waals surface area contributed by atoms with Crippen LogP contribution >= 0.6 is 11.6 Å². The molecular formula is C19H18ClF3N4O3. The smallest absolute Gasteiger partial charge is 0.410 e. The monoisotopic (exact) mass is 442 g/mol. The van der Waals surface area contributed by atoms with Gasteiger partial charge in [-0.2, -0.15) is 13.2 Å². The Balaban J connectivity index is 2.30. The Morgan fingerprint density at radius 3 is 2.63 bits per heavy atom. The normalized spacial score (nSPS) is 12.6. The van der Waals surface area contributed by atoms with E-state index in [1.807, 2.05) is 0 Å². The van der Waals surface area contributed by atoms with Gasteiger partial charge in [0, 0.05) is 18.2 Å². The number of benzene rings is 1. The van der Waals surface area contributed by atoms with Crippen molar-refractivity contribution in [2.24, 2.45) is 10.3 Å². The van der Waals surface area contributed by atoms with Crippen molar-refractivity contribution >= 4 is 28.9 Å². The second-order valence-electron chi connectivity index (χ2n) is 6.14. The molecule has 0 aliphatic heterocycles. The molecule has 0 radical (unpaired) electrons. The summed E-state index contributed by atoms with van der Waals surface area (Å²) in [5, 5.41) is 18.1. The maximum absolute atomic E-state index is 13.0. The van der Waals surface area contributed by atoms with Crippen molar-refractivity contribution in [1.29, 1.82) is 0 Å². The highest BCUT2D eigenvalue weighted by atomic mass is 35.5. The Bertz CT molecular complexity index is 1010. The Kier molecular flexibility index (Phi) is 7.38. The van der Waals surface area contributed by atoms with Crippen molar-refractivity contribution in [3.8, 4) is 0 Å². The minimum Gasteiger partial charge on any atom is -0.410 e. The molecule has 1 amide bonds. The zero-order valence-corrected chi connectivity index (χ0v) is 17.0. The van der Waals surface area contributed by atoms with Crippen LogP contribution in [0.5, 0.6) is 0 Å². The fraction of sp³-hybridized carbons (Fsp3) is 0.263. The van der Waals surface area contributed by atoms with E-state index in [1.165, 1.54) is 14.0 Å². The quantitative estimate of drug-likeness (QED) is 0.306. The molecular weight excluding hydrogens is 425 g/mol. The average Bonchev–Trinajstić information content (AvgIpc) is 2.68. The molecule has 1 aromatic heterocycles. The van der Waals surface area contributed by atoms with Crippen LogP contribution < -0.4 is 5.32 Å². The molecule has 2 aromatic rings. The van der Waals surface area contributed by atoms with Gasteiger partial charge in [0.25, 0.3) is 5.91 Å². The molecule has 2 rings (SSSR count). The molecule has 0 saturated carbocycles.